The van der Waals surface area contributed by atoms with E-state index in [1.54, 1.807) is 32.5 Å². The number of carbonyl (C=O) groups excluding carboxylic acids is 2. The van der Waals surface area contributed by atoms with Crippen LogP contribution in [0.1, 0.15) is 39.2 Å². The van der Waals surface area contributed by atoms with E-state index >= 15 is 0 Å². The van der Waals surface area contributed by atoms with Gasteiger partial charge in [-0.15, -0.1) is 0 Å². The van der Waals surface area contributed by atoms with Crippen LogP contribution in [0.2, 0.25) is 0 Å². The van der Waals surface area contributed by atoms with Crippen molar-refractivity contribution < 1.29 is 14.3 Å². The summed E-state index contributed by atoms with van der Waals surface area (Å²) < 4.78 is 5.25. The van der Waals surface area contributed by atoms with Crippen LogP contribution >= 0.6 is 11.8 Å². The Hall–Kier alpha value is -2.31. The summed E-state index contributed by atoms with van der Waals surface area (Å²) in [6.07, 6.45) is 0.333. The zero-order valence-corrected chi connectivity index (χ0v) is 17.6. The Bertz CT molecular complexity index is 813. The van der Waals surface area contributed by atoms with Gasteiger partial charge in [-0.05, 0) is 58.4 Å². The number of benzene rings is 2. The van der Waals surface area contributed by atoms with Gasteiger partial charge in [-0.2, -0.15) is 0 Å². The third-order valence-electron chi connectivity index (χ3n) is 3.81. The number of ether oxygens (including phenoxy) is 1. The highest BCUT2D eigenvalue weighted by atomic mass is 32.2. The van der Waals surface area contributed by atoms with Crippen LogP contribution in [0.5, 0.6) is 0 Å². The van der Waals surface area contributed by atoms with Crippen molar-refractivity contribution in [2.45, 2.75) is 62.0 Å². The minimum atomic E-state index is -0.787. The Morgan fingerprint density at radius 1 is 1.11 bits per heavy atom. The monoisotopic (exact) mass is 400 g/mol. The molecule has 0 spiro atoms. The average molecular weight is 401 g/mol. The summed E-state index contributed by atoms with van der Waals surface area (Å²) in [5, 5.41) is 2.88. The van der Waals surface area contributed by atoms with E-state index in [0.717, 1.165) is 9.79 Å². The molecule has 0 saturated heterocycles. The standard InChI is InChI=1S/C22H28N2O3S/c1-15-9-11-16(12-10-15)28-19-8-6-5-7-18(19)24-21(26)17(23)13-14-20(25)27-22(2,3)4/h5-12,17H,13-14,23H2,1-4H3,(H,24,26)/t17-/m0/s1. The highest BCUT2D eigenvalue weighted by Gasteiger charge is 2.20. The number of hydrogen-bond donors (Lipinski definition) is 2. The molecule has 0 aliphatic rings. The number of carbonyl (C=O) groups is 2. The first-order valence-corrected chi connectivity index (χ1v) is 10.1. The van der Waals surface area contributed by atoms with Crippen LogP contribution in [0.25, 0.3) is 0 Å². The number of hydrogen-bond acceptors (Lipinski definition) is 5. The molecular weight excluding hydrogens is 372 g/mol. The topological polar surface area (TPSA) is 81.4 Å². The molecule has 0 aliphatic heterocycles. The first kappa shape index (κ1) is 22.0. The van der Waals surface area contributed by atoms with E-state index in [1.807, 2.05) is 43.3 Å². The van der Waals surface area contributed by atoms with Crippen LogP contribution in [-0.4, -0.2) is 23.5 Å². The lowest BCUT2D eigenvalue weighted by Gasteiger charge is -2.20. The van der Waals surface area contributed by atoms with E-state index in [4.69, 9.17) is 10.5 Å². The van der Waals surface area contributed by atoms with Gasteiger partial charge in [-0.1, -0.05) is 41.6 Å². The van der Waals surface area contributed by atoms with E-state index < -0.39 is 11.6 Å². The summed E-state index contributed by atoms with van der Waals surface area (Å²) in [7, 11) is 0. The zero-order chi connectivity index (χ0) is 20.7. The molecule has 2 rings (SSSR count). The summed E-state index contributed by atoms with van der Waals surface area (Å²) in [4.78, 5) is 26.3. The normalized spacial score (nSPS) is 12.3. The number of amides is 1. The molecule has 0 aromatic heterocycles. The Balaban J connectivity index is 1.96. The predicted molar refractivity (Wildman–Crippen MR) is 113 cm³/mol. The number of anilines is 1. The smallest absolute Gasteiger partial charge is 0.306 e. The maximum absolute atomic E-state index is 12.5. The molecule has 5 nitrogen and oxygen atoms in total. The van der Waals surface area contributed by atoms with Gasteiger partial charge in [0.15, 0.2) is 0 Å². The molecule has 28 heavy (non-hydrogen) atoms. The van der Waals surface area contributed by atoms with Crippen LogP contribution in [0.3, 0.4) is 0 Å². The molecule has 0 fully saturated rings. The Kier molecular flexibility index (Phi) is 7.66. The Labute approximate surface area is 171 Å². The highest BCUT2D eigenvalue weighted by Crippen LogP contribution is 2.33. The quantitative estimate of drug-likeness (QED) is 0.667. The van der Waals surface area contributed by atoms with Gasteiger partial charge in [-0.3, -0.25) is 9.59 Å². The van der Waals surface area contributed by atoms with Crippen molar-refractivity contribution in [2.75, 3.05) is 5.32 Å². The molecule has 1 atom stereocenters. The lowest BCUT2D eigenvalue weighted by molar-refractivity contribution is -0.155. The number of aryl methyl sites for hydroxylation is 1. The second-order valence-electron chi connectivity index (χ2n) is 7.63. The summed E-state index contributed by atoms with van der Waals surface area (Å²) in [5.74, 6) is -0.674. The summed E-state index contributed by atoms with van der Waals surface area (Å²) in [6.45, 7) is 7.46. The maximum atomic E-state index is 12.5. The van der Waals surface area contributed by atoms with Crippen molar-refractivity contribution >= 4 is 29.3 Å². The lowest BCUT2D eigenvalue weighted by Crippen LogP contribution is -2.36. The van der Waals surface area contributed by atoms with Crippen molar-refractivity contribution in [1.82, 2.24) is 0 Å². The van der Waals surface area contributed by atoms with Gasteiger partial charge in [0.05, 0.1) is 11.7 Å². The van der Waals surface area contributed by atoms with Gasteiger partial charge in [0.2, 0.25) is 5.91 Å². The summed E-state index contributed by atoms with van der Waals surface area (Å²) in [6, 6.07) is 15.0. The molecule has 2 aromatic rings. The lowest BCUT2D eigenvalue weighted by atomic mass is 10.1. The third kappa shape index (κ3) is 7.37. The molecule has 0 heterocycles. The summed E-state index contributed by atoms with van der Waals surface area (Å²) in [5.41, 5.74) is 7.32. The largest absolute Gasteiger partial charge is 0.460 e. The molecule has 0 radical (unpaired) electrons. The molecule has 1 amide bonds. The van der Waals surface area contributed by atoms with Crippen LogP contribution < -0.4 is 11.1 Å². The van der Waals surface area contributed by atoms with E-state index in [0.29, 0.717) is 5.69 Å². The Morgan fingerprint density at radius 2 is 1.75 bits per heavy atom. The van der Waals surface area contributed by atoms with Gasteiger partial charge in [0.1, 0.15) is 5.60 Å². The minimum absolute atomic E-state index is 0.103. The van der Waals surface area contributed by atoms with E-state index in [2.05, 4.69) is 17.4 Å². The number of nitrogens with two attached hydrogens (primary N) is 1. The fourth-order valence-corrected chi connectivity index (χ4v) is 3.32. The second-order valence-corrected chi connectivity index (χ2v) is 8.75. The third-order valence-corrected chi connectivity index (χ3v) is 4.89. The van der Waals surface area contributed by atoms with Gasteiger partial charge in [0.25, 0.3) is 0 Å². The molecular formula is C22H28N2O3S. The number of rotatable bonds is 7. The van der Waals surface area contributed by atoms with Crippen LogP contribution in [0, 0.1) is 6.92 Å². The fourth-order valence-electron chi connectivity index (χ4n) is 2.41. The van der Waals surface area contributed by atoms with Crippen molar-refractivity contribution in [3.63, 3.8) is 0 Å². The van der Waals surface area contributed by atoms with Crippen molar-refractivity contribution in [2.24, 2.45) is 5.73 Å². The molecule has 6 heteroatoms. The van der Waals surface area contributed by atoms with E-state index in [9.17, 15) is 9.59 Å². The maximum Gasteiger partial charge on any atom is 0.306 e. The Morgan fingerprint density at radius 3 is 2.39 bits per heavy atom. The second kappa shape index (κ2) is 9.75. The first-order valence-electron chi connectivity index (χ1n) is 9.26. The number of esters is 1. The van der Waals surface area contributed by atoms with Gasteiger partial charge in [0, 0.05) is 16.2 Å². The first-order chi connectivity index (χ1) is 13.1. The van der Waals surface area contributed by atoms with Crippen LogP contribution in [-0.2, 0) is 14.3 Å². The summed E-state index contributed by atoms with van der Waals surface area (Å²) >= 11 is 1.57. The van der Waals surface area contributed by atoms with Crippen molar-refractivity contribution in [3.05, 3.63) is 54.1 Å². The average Bonchev–Trinajstić information content (AvgIpc) is 2.61. The SMILES string of the molecule is Cc1ccc(Sc2ccccc2NC(=O)[C@@H](N)CCC(=O)OC(C)(C)C)cc1. The number of para-hydroxylation sites is 1. The highest BCUT2D eigenvalue weighted by molar-refractivity contribution is 7.99. The molecule has 2 aromatic carbocycles. The van der Waals surface area contributed by atoms with Crippen LogP contribution in [0.4, 0.5) is 5.69 Å². The van der Waals surface area contributed by atoms with E-state index in [1.165, 1.54) is 5.56 Å². The molecule has 150 valence electrons. The molecule has 0 bridgehead atoms. The van der Waals surface area contributed by atoms with Crippen LogP contribution in [0.15, 0.2) is 58.3 Å². The minimum Gasteiger partial charge on any atom is -0.460 e. The van der Waals surface area contributed by atoms with E-state index in [-0.39, 0.29) is 24.7 Å². The molecule has 0 aliphatic carbocycles. The molecule has 0 unspecified atom stereocenters. The zero-order valence-electron chi connectivity index (χ0n) is 16.8. The van der Waals surface area contributed by atoms with Gasteiger partial charge in [-0.25, -0.2) is 0 Å². The van der Waals surface area contributed by atoms with Gasteiger partial charge >= 0.3 is 5.97 Å². The fraction of sp³-hybridized carbons (Fsp3) is 0.364. The van der Waals surface area contributed by atoms with Crippen molar-refractivity contribution in [3.8, 4) is 0 Å². The number of nitrogens with one attached hydrogen (secondary N) is 1. The van der Waals surface area contributed by atoms with Gasteiger partial charge < -0.3 is 15.8 Å². The molecule has 3 N–H and O–H groups in total. The molecule has 0 saturated carbocycles. The van der Waals surface area contributed by atoms with Crippen molar-refractivity contribution in [1.29, 1.82) is 0 Å². The predicted octanol–water partition coefficient (Wildman–Crippen LogP) is 4.53.